The van der Waals surface area contributed by atoms with Crippen LogP contribution in [0.1, 0.15) is 46.1 Å². The number of hydrogen-bond donors (Lipinski definition) is 0. The van der Waals surface area contributed by atoms with Gasteiger partial charge in [-0.2, -0.15) is 0 Å². The highest BCUT2D eigenvalue weighted by atomic mass is 127. The molecule has 27 heavy (non-hydrogen) atoms. The summed E-state index contributed by atoms with van der Waals surface area (Å²) in [7, 11) is 1.67. The molecule has 1 fully saturated rings. The van der Waals surface area contributed by atoms with Crippen LogP contribution >= 0.6 is 22.6 Å². The molecule has 0 radical (unpaired) electrons. The molecule has 1 heterocycles. The second-order valence-corrected chi connectivity index (χ2v) is 8.88. The van der Waals surface area contributed by atoms with Gasteiger partial charge in [0, 0.05) is 4.43 Å². The van der Waals surface area contributed by atoms with E-state index in [1.165, 1.54) is 0 Å². The topological polar surface area (TPSA) is 36.9 Å². The minimum absolute atomic E-state index is 0.0430. The Balaban J connectivity index is 2.10. The molecule has 0 aliphatic carbocycles. The molecular formula is C22H33IO4. The van der Waals surface area contributed by atoms with Crippen LogP contribution in [-0.2, 0) is 20.8 Å². The zero-order valence-corrected chi connectivity index (χ0v) is 19.3. The summed E-state index contributed by atoms with van der Waals surface area (Å²) in [6.45, 7) is 8.92. The van der Waals surface area contributed by atoms with Gasteiger partial charge in [-0.05, 0) is 50.3 Å². The number of rotatable bonds is 10. The standard InChI is InChI=1S/C22H33IO4/c1-16(2)7-6-8-19(21-20(13-14-23)26-22(3,4)27-21)25-15-17-9-11-18(24-5)12-10-17/h6,8-12,16,19-21H,7,13-15H2,1-5H3/b8-6-/t19?,20-,21+/m0/s1. The minimum Gasteiger partial charge on any atom is -0.497 e. The molecule has 1 aromatic rings. The van der Waals surface area contributed by atoms with Crippen molar-refractivity contribution in [2.45, 2.75) is 71.2 Å². The molecule has 0 spiro atoms. The number of allylic oxidation sites excluding steroid dienone is 1. The summed E-state index contributed by atoms with van der Waals surface area (Å²) in [6, 6.07) is 7.98. The van der Waals surface area contributed by atoms with Crippen LogP contribution in [-0.4, -0.2) is 35.6 Å². The fourth-order valence-corrected chi connectivity index (χ4v) is 3.75. The van der Waals surface area contributed by atoms with Crippen molar-refractivity contribution in [3.8, 4) is 5.75 Å². The highest BCUT2D eigenvalue weighted by molar-refractivity contribution is 14.1. The van der Waals surface area contributed by atoms with Crippen molar-refractivity contribution in [2.75, 3.05) is 11.5 Å². The maximum Gasteiger partial charge on any atom is 0.163 e. The fourth-order valence-electron chi connectivity index (χ4n) is 3.13. The average Bonchev–Trinajstić information content (AvgIpc) is 2.92. The lowest BCUT2D eigenvalue weighted by Gasteiger charge is -2.25. The van der Waals surface area contributed by atoms with Crippen molar-refractivity contribution in [3.05, 3.63) is 42.0 Å². The van der Waals surface area contributed by atoms with Gasteiger partial charge in [0.1, 0.15) is 18.0 Å². The largest absolute Gasteiger partial charge is 0.497 e. The fraction of sp³-hybridized carbons (Fsp3) is 0.636. The summed E-state index contributed by atoms with van der Waals surface area (Å²) in [5, 5.41) is 0. The van der Waals surface area contributed by atoms with E-state index in [4.69, 9.17) is 18.9 Å². The van der Waals surface area contributed by atoms with Gasteiger partial charge in [0.25, 0.3) is 0 Å². The van der Waals surface area contributed by atoms with Gasteiger partial charge in [-0.3, -0.25) is 0 Å². The van der Waals surface area contributed by atoms with Gasteiger partial charge in [-0.1, -0.05) is 60.7 Å². The Hall–Kier alpha value is -0.630. The van der Waals surface area contributed by atoms with Crippen LogP contribution in [0.15, 0.2) is 36.4 Å². The highest BCUT2D eigenvalue weighted by Crippen LogP contribution is 2.33. The molecule has 2 rings (SSSR count). The van der Waals surface area contributed by atoms with Crippen molar-refractivity contribution in [3.63, 3.8) is 0 Å². The monoisotopic (exact) mass is 488 g/mol. The molecule has 5 heteroatoms. The zero-order chi connectivity index (χ0) is 19.9. The van der Waals surface area contributed by atoms with Crippen LogP contribution < -0.4 is 4.74 Å². The van der Waals surface area contributed by atoms with E-state index in [1.807, 2.05) is 38.1 Å². The summed E-state index contributed by atoms with van der Waals surface area (Å²) in [5.74, 6) is 0.892. The Morgan fingerprint density at radius 3 is 2.48 bits per heavy atom. The molecule has 1 saturated heterocycles. The van der Waals surface area contributed by atoms with Crippen molar-refractivity contribution in [1.29, 1.82) is 0 Å². The molecule has 0 N–H and O–H groups in total. The molecule has 1 aliphatic heterocycles. The number of alkyl halides is 1. The van der Waals surface area contributed by atoms with E-state index in [1.54, 1.807) is 7.11 Å². The Morgan fingerprint density at radius 1 is 1.19 bits per heavy atom. The van der Waals surface area contributed by atoms with E-state index in [9.17, 15) is 0 Å². The van der Waals surface area contributed by atoms with Gasteiger partial charge >= 0.3 is 0 Å². The molecule has 1 aliphatic rings. The van der Waals surface area contributed by atoms with E-state index in [0.29, 0.717) is 12.5 Å². The molecule has 3 atom stereocenters. The number of halogens is 1. The molecule has 4 nitrogen and oxygen atoms in total. The van der Waals surface area contributed by atoms with Gasteiger partial charge in [0.05, 0.1) is 19.8 Å². The van der Waals surface area contributed by atoms with Gasteiger partial charge < -0.3 is 18.9 Å². The summed E-state index contributed by atoms with van der Waals surface area (Å²) in [6.07, 6.45) is 6.14. The maximum atomic E-state index is 6.30. The second kappa shape index (κ2) is 10.8. The summed E-state index contributed by atoms with van der Waals surface area (Å²) < 4.78 is 24.9. The molecule has 0 aromatic heterocycles. The Kier molecular flexibility index (Phi) is 9.05. The Bertz CT molecular complexity index is 582. The van der Waals surface area contributed by atoms with Gasteiger partial charge in [0.2, 0.25) is 0 Å². The summed E-state index contributed by atoms with van der Waals surface area (Å²) >= 11 is 2.39. The number of benzene rings is 1. The summed E-state index contributed by atoms with van der Waals surface area (Å²) in [5.41, 5.74) is 1.11. The third kappa shape index (κ3) is 7.37. The molecule has 1 unspecified atom stereocenters. The lowest BCUT2D eigenvalue weighted by molar-refractivity contribution is -0.156. The van der Waals surface area contributed by atoms with Crippen molar-refractivity contribution in [2.24, 2.45) is 5.92 Å². The average molecular weight is 488 g/mol. The van der Waals surface area contributed by atoms with E-state index in [-0.39, 0.29) is 18.3 Å². The predicted molar refractivity (Wildman–Crippen MR) is 117 cm³/mol. The van der Waals surface area contributed by atoms with Gasteiger partial charge in [0.15, 0.2) is 5.79 Å². The molecular weight excluding hydrogens is 455 g/mol. The van der Waals surface area contributed by atoms with Crippen molar-refractivity contribution in [1.82, 2.24) is 0 Å². The van der Waals surface area contributed by atoms with E-state index in [2.05, 4.69) is 48.6 Å². The maximum absolute atomic E-state index is 6.30. The molecule has 1 aromatic carbocycles. The molecule has 0 amide bonds. The quantitative estimate of drug-likeness (QED) is 0.247. The first kappa shape index (κ1) is 22.7. The Labute approximate surface area is 177 Å². The lowest BCUT2D eigenvalue weighted by Crippen LogP contribution is -2.36. The van der Waals surface area contributed by atoms with Crippen LogP contribution in [0, 0.1) is 5.92 Å². The van der Waals surface area contributed by atoms with Crippen LogP contribution in [0.5, 0.6) is 5.75 Å². The minimum atomic E-state index is -0.575. The SMILES string of the molecule is COc1ccc(COC(/C=C\CC(C)C)[C@H]2OC(C)(C)O[C@H]2CCI)cc1. The van der Waals surface area contributed by atoms with Crippen LogP contribution in [0.4, 0.5) is 0 Å². The van der Waals surface area contributed by atoms with Crippen molar-refractivity contribution >= 4 is 22.6 Å². The zero-order valence-electron chi connectivity index (χ0n) is 17.1. The van der Waals surface area contributed by atoms with Crippen LogP contribution in [0.2, 0.25) is 0 Å². The first-order chi connectivity index (χ1) is 12.8. The predicted octanol–water partition coefficient (Wildman–Crippen LogP) is 5.53. The second-order valence-electron chi connectivity index (χ2n) is 7.80. The molecule has 0 bridgehead atoms. The van der Waals surface area contributed by atoms with Crippen LogP contribution in [0.25, 0.3) is 0 Å². The smallest absolute Gasteiger partial charge is 0.163 e. The normalized spacial score (nSPS) is 23.2. The molecule has 152 valence electrons. The van der Waals surface area contributed by atoms with Gasteiger partial charge in [-0.25, -0.2) is 0 Å². The van der Waals surface area contributed by atoms with E-state index < -0.39 is 5.79 Å². The summed E-state index contributed by atoms with van der Waals surface area (Å²) in [4.78, 5) is 0. The number of hydrogen-bond acceptors (Lipinski definition) is 4. The van der Waals surface area contributed by atoms with E-state index >= 15 is 0 Å². The van der Waals surface area contributed by atoms with E-state index in [0.717, 1.165) is 28.6 Å². The van der Waals surface area contributed by atoms with Crippen molar-refractivity contribution < 1.29 is 18.9 Å². The van der Waals surface area contributed by atoms with Crippen LogP contribution in [0.3, 0.4) is 0 Å². The van der Waals surface area contributed by atoms with Gasteiger partial charge in [-0.15, -0.1) is 0 Å². The first-order valence-corrected chi connectivity index (χ1v) is 11.2. The third-order valence-electron chi connectivity index (χ3n) is 4.47. The lowest BCUT2D eigenvalue weighted by atomic mass is 10.0. The number of methoxy groups -OCH3 is 1. The Morgan fingerprint density at radius 2 is 1.89 bits per heavy atom. The molecule has 0 saturated carbocycles. The first-order valence-electron chi connectivity index (χ1n) is 9.67. The number of ether oxygens (including phenoxy) is 4. The highest BCUT2D eigenvalue weighted by Gasteiger charge is 2.44. The third-order valence-corrected chi connectivity index (χ3v) is 5.10.